The Labute approximate surface area is 108 Å². The van der Waals surface area contributed by atoms with Crippen molar-refractivity contribution < 1.29 is 0 Å². The summed E-state index contributed by atoms with van der Waals surface area (Å²) in [5.74, 6) is 0. The number of hydrogen-bond acceptors (Lipinski definition) is 3. The maximum absolute atomic E-state index is 4.42. The van der Waals surface area contributed by atoms with Gasteiger partial charge >= 0.3 is 0 Å². The van der Waals surface area contributed by atoms with Gasteiger partial charge in [-0.2, -0.15) is 0 Å². The van der Waals surface area contributed by atoms with Crippen LogP contribution in [0, 0.1) is 5.41 Å². The number of aryl methyl sites for hydroxylation is 1. The van der Waals surface area contributed by atoms with Gasteiger partial charge in [0.05, 0.1) is 0 Å². The molecule has 2 atom stereocenters. The third kappa shape index (κ3) is 3.05. The molecule has 1 aliphatic carbocycles. The van der Waals surface area contributed by atoms with Gasteiger partial charge in [0.25, 0.3) is 0 Å². The molecule has 2 unspecified atom stereocenters. The molecule has 0 radical (unpaired) electrons. The molecule has 0 spiro atoms. The molecule has 0 saturated heterocycles. The normalized spacial score (nSPS) is 28.2. The molecular weight excluding hydrogens is 230 g/mol. The van der Waals surface area contributed by atoms with Gasteiger partial charge in [-0.3, -0.25) is 0 Å². The zero-order valence-corrected chi connectivity index (χ0v) is 12.0. The number of thioether (sulfide) groups is 1. The van der Waals surface area contributed by atoms with Crippen molar-refractivity contribution in [2.75, 3.05) is 7.05 Å². The summed E-state index contributed by atoms with van der Waals surface area (Å²) in [7, 11) is 4.15. The standard InChI is InChI=1S/C13H23N3S/c1-13(2)6-5-10(14-3)11(9-13)17-12-15-7-8-16(12)4/h7-8,10-11,14H,5-6,9H2,1-4H3. The van der Waals surface area contributed by atoms with Crippen LogP contribution in [0.3, 0.4) is 0 Å². The van der Waals surface area contributed by atoms with Gasteiger partial charge in [-0.1, -0.05) is 25.6 Å². The quantitative estimate of drug-likeness (QED) is 0.898. The van der Waals surface area contributed by atoms with Crippen molar-refractivity contribution in [2.24, 2.45) is 12.5 Å². The van der Waals surface area contributed by atoms with E-state index in [9.17, 15) is 0 Å². The molecule has 1 aliphatic rings. The van der Waals surface area contributed by atoms with Gasteiger partial charge in [0.15, 0.2) is 5.16 Å². The molecule has 1 fully saturated rings. The molecular formula is C13H23N3S. The molecule has 1 N–H and O–H groups in total. The van der Waals surface area contributed by atoms with E-state index in [4.69, 9.17) is 0 Å². The van der Waals surface area contributed by atoms with E-state index in [2.05, 4.69) is 42.8 Å². The van der Waals surface area contributed by atoms with Crippen molar-refractivity contribution in [2.45, 2.75) is 49.6 Å². The van der Waals surface area contributed by atoms with Crippen LogP contribution in [0.4, 0.5) is 0 Å². The fourth-order valence-corrected chi connectivity index (χ4v) is 4.17. The second-order valence-electron chi connectivity index (χ2n) is 5.78. The second kappa shape index (κ2) is 5.02. The molecule has 3 nitrogen and oxygen atoms in total. The average Bonchev–Trinajstić information content (AvgIpc) is 2.64. The minimum absolute atomic E-state index is 0.468. The zero-order chi connectivity index (χ0) is 12.5. The van der Waals surface area contributed by atoms with Crippen LogP contribution >= 0.6 is 11.8 Å². The van der Waals surface area contributed by atoms with Gasteiger partial charge in [-0.15, -0.1) is 0 Å². The van der Waals surface area contributed by atoms with Crippen molar-refractivity contribution in [3.63, 3.8) is 0 Å². The van der Waals surface area contributed by atoms with Gasteiger partial charge in [-0.05, 0) is 31.7 Å². The van der Waals surface area contributed by atoms with Crippen molar-refractivity contribution in [1.29, 1.82) is 0 Å². The van der Waals surface area contributed by atoms with Crippen LogP contribution in [0.5, 0.6) is 0 Å². The van der Waals surface area contributed by atoms with Crippen LogP contribution in [-0.2, 0) is 7.05 Å². The van der Waals surface area contributed by atoms with E-state index < -0.39 is 0 Å². The SMILES string of the molecule is CNC1CCC(C)(C)CC1Sc1nccn1C. The number of imidazole rings is 1. The lowest BCUT2D eigenvalue weighted by molar-refractivity contribution is 0.218. The summed E-state index contributed by atoms with van der Waals surface area (Å²) in [6, 6.07) is 0.615. The van der Waals surface area contributed by atoms with Gasteiger partial charge in [0.2, 0.25) is 0 Å². The van der Waals surface area contributed by atoms with Crippen LogP contribution in [0.2, 0.25) is 0 Å². The summed E-state index contributed by atoms with van der Waals surface area (Å²) in [6.45, 7) is 4.76. The lowest BCUT2D eigenvalue weighted by Crippen LogP contribution is -2.43. The molecule has 1 heterocycles. The molecule has 0 bridgehead atoms. The monoisotopic (exact) mass is 253 g/mol. The molecule has 1 aromatic rings. The molecule has 1 saturated carbocycles. The summed E-state index contributed by atoms with van der Waals surface area (Å²) in [4.78, 5) is 4.42. The van der Waals surface area contributed by atoms with E-state index in [1.165, 1.54) is 19.3 Å². The molecule has 0 aromatic carbocycles. The van der Waals surface area contributed by atoms with E-state index >= 15 is 0 Å². The first-order valence-corrected chi connectivity index (χ1v) is 7.21. The van der Waals surface area contributed by atoms with Gasteiger partial charge in [0, 0.05) is 30.7 Å². The lowest BCUT2D eigenvalue weighted by Gasteiger charge is -2.40. The molecule has 0 aliphatic heterocycles. The Hall–Kier alpha value is -0.480. The van der Waals surface area contributed by atoms with E-state index in [0.29, 0.717) is 16.7 Å². The predicted molar refractivity (Wildman–Crippen MR) is 73.3 cm³/mol. The number of aromatic nitrogens is 2. The molecule has 96 valence electrons. The minimum atomic E-state index is 0.468. The Morgan fingerprint density at radius 2 is 2.29 bits per heavy atom. The van der Waals surface area contributed by atoms with Crippen LogP contribution in [0.25, 0.3) is 0 Å². The first-order chi connectivity index (χ1) is 8.02. The second-order valence-corrected chi connectivity index (χ2v) is 6.99. The maximum Gasteiger partial charge on any atom is 0.167 e. The third-order valence-corrected chi connectivity index (χ3v) is 5.14. The highest BCUT2D eigenvalue weighted by Gasteiger charge is 2.35. The number of rotatable bonds is 3. The third-order valence-electron chi connectivity index (χ3n) is 3.74. The largest absolute Gasteiger partial charge is 0.329 e. The lowest BCUT2D eigenvalue weighted by atomic mass is 9.75. The molecule has 2 rings (SSSR count). The summed E-state index contributed by atoms with van der Waals surface area (Å²) in [5.41, 5.74) is 0.468. The average molecular weight is 253 g/mol. The van der Waals surface area contributed by atoms with Gasteiger partial charge < -0.3 is 9.88 Å². The number of hydrogen-bond donors (Lipinski definition) is 1. The summed E-state index contributed by atoms with van der Waals surface area (Å²) >= 11 is 1.92. The predicted octanol–water partition coefficient (Wildman–Crippen LogP) is 2.68. The Morgan fingerprint density at radius 3 is 2.88 bits per heavy atom. The number of nitrogens with one attached hydrogen (secondary N) is 1. The summed E-state index contributed by atoms with van der Waals surface area (Å²) in [5, 5.41) is 5.23. The Balaban J connectivity index is 2.08. The first-order valence-electron chi connectivity index (χ1n) is 6.33. The maximum atomic E-state index is 4.42. The van der Waals surface area contributed by atoms with E-state index in [0.717, 1.165) is 5.16 Å². The van der Waals surface area contributed by atoms with Crippen LogP contribution in [-0.4, -0.2) is 27.9 Å². The fraction of sp³-hybridized carbons (Fsp3) is 0.769. The summed E-state index contributed by atoms with van der Waals surface area (Å²) in [6.07, 6.45) is 7.74. The van der Waals surface area contributed by atoms with Crippen LogP contribution in [0.1, 0.15) is 33.1 Å². The van der Waals surface area contributed by atoms with Crippen molar-refractivity contribution in [3.8, 4) is 0 Å². The van der Waals surface area contributed by atoms with Gasteiger partial charge in [0.1, 0.15) is 0 Å². The van der Waals surface area contributed by atoms with Gasteiger partial charge in [-0.25, -0.2) is 4.98 Å². The topological polar surface area (TPSA) is 29.9 Å². The van der Waals surface area contributed by atoms with Crippen molar-refractivity contribution in [1.82, 2.24) is 14.9 Å². The number of nitrogens with zero attached hydrogens (tertiary/aromatic N) is 2. The molecule has 17 heavy (non-hydrogen) atoms. The smallest absolute Gasteiger partial charge is 0.167 e. The van der Waals surface area contributed by atoms with Crippen LogP contribution < -0.4 is 5.32 Å². The van der Waals surface area contributed by atoms with Crippen molar-refractivity contribution in [3.05, 3.63) is 12.4 Å². The Morgan fingerprint density at radius 1 is 1.53 bits per heavy atom. The fourth-order valence-electron chi connectivity index (χ4n) is 2.58. The first kappa shape index (κ1) is 13.0. The minimum Gasteiger partial charge on any atom is -0.329 e. The van der Waals surface area contributed by atoms with E-state index in [-0.39, 0.29) is 0 Å². The molecule has 0 amide bonds. The Bertz CT molecular complexity index is 372. The van der Waals surface area contributed by atoms with Crippen molar-refractivity contribution >= 4 is 11.8 Å². The highest BCUT2D eigenvalue weighted by molar-refractivity contribution is 7.99. The highest BCUT2D eigenvalue weighted by atomic mass is 32.2. The van der Waals surface area contributed by atoms with E-state index in [1.807, 2.05) is 24.2 Å². The van der Waals surface area contributed by atoms with Crippen LogP contribution in [0.15, 0.2) is 17.6 Å². The summed E-state index contributed by atoms with van der Waals surface area (Å²) < 4.78 is 2.11. The molecule has 4 heteroatoms. The highest BCUT2D eigenvalue weighted by Crippen LogP contribution is 2.42. The Kier molecular flexibility index (Phi) is 3.83. The molecule has 1 aromatic heterocycles. The zero-order valence-electron chi connectivity index (χ0n) is 11.2. The van der Waals surface area contributed by atoms with E-state index in [1.54, 1.807) is 0 Å².